The van der Waals surface area contributed by atoms with E-state index in [4.69, 9.17) is 4.74 Å². The number of carbonyl (C=O) groups excluding carboxylic acids is 4. The molecule has 3 aromatic rings. The van der Waals surface area contributed by atoms with Crippen LogP contribution in [-0.2, 0) is 20.9 Å². The van der Waals surface area contributed by atoms with Crippen LogP contribution in [-0.4, -0.2) is 72.5 Å². The van der Waals surface area contributed by atoms with Gasteiger partial charge in [0.05, 0.1) is 12.7 Å². The van der Waals surface area contributed by atoms with E-state index in [-0.39, 0.29) is 36.9 Å². The molecule has 2 aliphatic carbocycles. The zero-order valence-corrected chi connectivity index (χ0v) is 27.4. The van der Waals surface area contributed by atoms with Crippen LogP contribution in [0, 0.1) is 0 Å². The highest BCUT2D eigenvalue weighted by atomic mass is 16.6. The van der Waals surface area contributed by atoms with Crippen molar-refractivity contribution in [3.63, 3.8) is 0 Å². The fraction of sp³-hybridized carbons (Fsp3) is 0.500. The third kappa shape index (κ3) is 8.32. The molecule has 0 bridgehead atoms. The van der Waals surface area contributed by atoms with Crippen LogP contribution < -0.4 is 16.1 Å². The van der Waals surface area contributed by atoms with Crippen LogP contribution in [0.3, 0.4) is 0 Å². The summed E-state index contributed by atoms with van der Waals surface area (Å²) in [4.78, 5) is 72.0. The van der Waals surface area contributed by atoms with Gasteiger partial charge in [-0.2, -0.15) is 4.99 Å². The molecule has 0 radical (unpaired) electrons. The molecule has 1 aromatic carbocycles. The van der Waals surface area contributed by atoms with E-state index < -0.39 is 23.1 Å². The number of imidazole rings is 1. The molecule has 3 N–H and O–H groups in total. The average molecular weight is 645 g/mol. The monoisotopic (exact) mass is 644 g/mol. The van der Waals surface area contributed by atoms with E-state index >= 15 is 0 Å². The van der Waals surface area contributed by atoms with Crippen molar-refractivity contribution in [2.45, 2.75) is 96.2 Å². The molecule has 13 heteroatoms. The molecule has 13 nitrogen and oxygen atoms in total. The van der Waals surface area contributed by atoms with Gasteiger partial charge in [-0.1, -0.05) is 43.5 Å². The van der Waals surface area contributed by atoms with E-state index in [1.807, 2.05) is 6.07 Å². The molecule has 1 saturated carbocycles. The maximum Gasteiger partial charge on any atom is 0.407 e. The Morgan fingerprint density at radius 1 is 1.04 bits per heavy atom. The van der Waals surface area contributed by atoms with Gasteiger partial charge in [-0.05, 0) is 71.4 Å². The number of nitrogens with zero attached hydrogens (tertiary/aromatic N) is 5. The van der Waals surface area contributed by atoms with Crippen LogP contribution in [0.1, 0.15) is 88.9 Å². The van der Waals surface area contributed by atoms with E-state index in [0.717, 1.165) is 50.6 Å². The first-order valence-electron chi connectivity index (χ1n) is 16.4. The van der Waals surface area contributed by atoms with Gasteiger partial charge < -0.3 is 29.8 Å². The number of rotatable bonds is 9. The number of benzene rings is 1. The van der Waals surface area contributed by atoms with E-state index in [2.05, 4.69) is 36.7 Å². The second-order valence-electron chi connectivity index (χ2n) is 13.1. The highest BCUT2D eigenvalue weighted by Crippen LogP contribution is 2.35. The number of ether oxygens (including phenoxy) is 1. The fourth-order valence-corrected chi connectivity index (χ4v) is 6.21. The number of nitrogens with one attached hydrogen (secondary N) is 3. The lowest BCUT2D eigenvalue weighted by Gasteiger charge is -2.45. The van der Waals surface area contributed by atoms with Crippen molar-refractivity contribution >= 4 is 35.0 Å². The van der Waals surface area contributed by atoms with Crippen molar-refractivity contribution in [3.8, 4) is 0 Å². The van der Waals surface area contributed by atoms with Crippen LogP contribution in [0.25, 0.3) is 11.2 Å². The van der Waals surface area contributed by atoms with Crippen LogP contribution in [0.2, 0.25) is 0 Å². The molecule has 1 fully saturated rings. The summed E-state index contributed by atoms with van der Waals surface area (Å²) in [6.45, 7) is 5.21. The summed E-state index contributed by atoms with van der Waals surface area (Å²) in [7, 11) is 0. The summed E-state index contributed by atoms with van der Waals surface area (Å²) >= 11 is 0. The predicted octanol–water partition coefficient (Wildman–Crippen LogP) is 4.13. The largest absolute Gasteiger partial charge is 0.444 e. The Balaban J connectivity index is 1.49. The van der Waals surface area contributed by atoms with E-state index in [1.54, 1.807) is 49.9 Å². The number of allylic oxidation sites excluding steroid dienone is 2. The van der Waals surface area contributed by atoms with E-state index in [0.29, 0.717) is 29.6 Å². The maximum absolute atomic E-state index is 14.5. The molecule has 0 unspecified atom stereocenters. The SMILES string of the molecule is CC(C)(C)OC(=O)NCCN(C(=O)Cn1cnc2nc[nH]c2c1=NC(=O)c1ccccc1)C1(C(=O)NC2=CCCCC2)CCCCC1. The van der Waals surface area contributed by atoms with E-state index in [1.165, 1.54) is 17.2 Å². The zero-order chi connectivity index (χ0) is 33.4. The molecule has 250 valence electrons. The first-order valence-corrected chi connectivity index (χ1v) is 16.4. The molecule has 47 heavy (non-hydrogen) atoms. The zero-order valence-electron chi connectivity index (χ0n) is 27.4. The van der Waals surface area contributed by atoms with Gasteiger partial charge in [0.1, 0.15) is 23.2 Å². The smallest absolute Gasteiger partial charge is 0.407 e. The van der Waals surface area contributed by atoms with Crippen molar-refractivity contribution in [1.82, 2.24) is 35.1 Å². The predicted molar refractivity (Wildman–Crippen MR) is 175 cm³/mol. The number of amides is 4. The molecular formula is C34H44N8O5. The van der Waals surface area contributed by atoms with Crippen LogP contribution in [0.4, 0.5) is 4.79 Å². The van der Waals surface area contributed by atoms with E-state index in [9.17, 15) is 19.2 Å². The molecule has 0 atom stereocenters. The summed E-state index contributed by atoms with van der Waals surface area (Å²) in [6, 6.07) is 8.64. The van der Waals surface area contributed by atoms with Crippen molar-refractivity contribution < 1.29 is 23.9 Å². The fourth-order valence-electron chi connectivity index (χ4n) is 6.21. The lowest BCUT2D eigenvalue weighted by atomic mass is 9.79. The minimum atomic E-state index is -1.13. The van der Waals surface area contributed by atoms with Crippen LogP contribution in [0.5, 0.6) is 0 Å². The van der Waals surface area contributed by atoms with Crippen LogP contribution in [0.15, 0.2) is 59.8 Å². The molecule has 0 spiro atoms. The number of H-pyrrole nitrogens is 1. The minimum absolute atomic E-state index is 0.0697. The number of aromatic nitrogens is 4. The summed E-state index contributed by atoms with van der Waals surface area (Å²) < 4.78 is 6.91. The van der Waals surface area contributed by atoms with Crippen molar-refractivity contribution in [3.05, 3.63) is 65.8 Å². The Morgan fingerprint density at radius 2 is 1.81 bits per heavy atom. The van der Waals surface area contributed by atoms with Gasteiger partial charge in [0.2, 0.25) is 11.8 Å². The van der Waals surface area contributed by atoms with Crippen LogP contribution >= 0.6 is 0 Å². The van der Waals surface area contributed by atoms with Gasteiger partial charge in [0.15, 0.2) is 11.1 Å². The Morgan fingerprint density at radius 3 is 2.51 bits per heavy atom. The molecule has 4 amide bonds. The first-order chi connectivity index (χ1) is 22.6. The standard InChI is InChI=1S/C34H44N8O5/c1-33(2,3)47-32(46)35-19-20-42(34(17-11-6-12-18-34)31(45)39-25-15-9-5-10-16-25)26(43)21-41-23-38-28-27(36-22-37-28)29(41)40-30(44)24-13-7-4-8-14-24/h4,7-8,13-15,22-23H,5-6,9-12,16-21H2,1-3H3,(H,35,46)(H,36,37)(H,39,45). The summed E-state index contributed by atoms with van der Waals surface area (Å²) in [6.07, 6.45) is 11.6. The molecule has 2 aliphatic rings. The summed E-state index contributed by atoms with van der Waals surface area (Å²) in [5, 5.41) is 5.90. The second-order valence-corrected chi connectivity index (χ2v) is 13.1. The number of carbonyl (C=O) groups is 4. The summed E-state index contributed by atoms with van der Waals surface area (Å²) in [5.41, 5.74) is 0.383. The number of alkyl carbamates (subject to hydrolysis) is 1. The quantitative estimate of drug-likeness (QED) is 0.315. The number of aromatic amines is 1. The van der Waals surface area contributed by atoms with Gasteiger partial charge in [-0.25, -0.2) is 14.8 Å². The van der Waals surface area contributed by atoms with Gasteiger partial charge in [0.25, 0.3) is 5.91 Å². The average Bonchev–Trinajstić information content (AvgIpc) is 3.54. The van der Waals surface area contributed by atoms with Gasteiger partial charge in [0, 0.05) is 24.4 Å². The second kappa shape index (κ2) is 14.7. The molecular weight excluding hydrogens is 600 g/mol. The van der Waals surface area contributed by atoms with Crippen molar-refractivity contribution in [2.75, 3.05) is 13.1 Å². The van der Waals surface area contributed by atoms with Gasteiger partial charge in [-0.15, -0.1) is 0 Å². The number of fused-ring (bicyclic) bond motifs is 1. The summed E-state index contributed by atoms with van der Waals surface area (Å²) in [5.74, 6) is -1.08. The lowest BCUT2D eigenvalue weighted by molar-refractivity contribution is -0.150. The normalized spacial score (nSPS) is 16.7. The Kier molecular flexibility index (Phi) is 10.5. The highest BCUT2D eigenvalue weighted by Gasteiger charge is 2.47. The maximum atomic E-state index is 14.5. The molecule has 5 rings (SSSR count). The molecule has 0 aliphatic heterocycles. The Labute approximate surface area is 273 Å². The third-order valence-corrected chi connectivity index (χ3v) is 8.46. The third-order valence-electron chi connectivity index (χ3n) is 8.46. The molecule has 2 heterocycles. The van der Waals surface area contributed by atoms with Gasteiger partial charge in [-0.3, -0.25) is 14.4 Å². The molecule has 0 saturated heterocycles. The Hall–Kier alpha value is -4.81. The minimum Gasteiger partial charge on any atom is -0.444 e. The number of hydrogen-bond acceptors (Lipinski definition) is 7. The van der Waals surface area contributed by atoms with Gasteiger partial charge >= 0.3 is 6.09 Å². The number of hydrogen-bond donors (Lipinski definition) is 3. The first kappa shape index (κ1) is 33.6. The highest BCUT2D eigenvalue weighted by molar-refractivity contribution is 5.95. The topological polar surface area (TPSA) is 164 Å². The lowest BCUT2D eigenvalue weighted by Crippen LogP contribution is -2.63. The molecule has 2 aromatic heterocycles. The van der Waals surface area contributed by atoms with Crippen molar-refractivity contribution in [2.24, 2.45) is 4.99 Å². The Bertz CT molecular complexity index is 1700. The van der Waals surface area contributed by atoms with Crippen molar-refractivity contribution in [1.29, 1.82) is 0 Å².